The minimum Gasteiger partial charge on any atom is -0.490 e. The van der Waals surface area contributed by atoms with Crippen LogP contribution < -0.4 is 9.47 Å². The van der Waals surface area contributed by atoms with E-state index < -0.39 is 0 Å². The molecule has 1 fully saturated rings. The summed E-state index contributed by atoms with van der Waals surface area (Å²) in [5, 5.41) is 0. The summed E-state index contributed by atoms with van der Waals surface area (Å²) < 4.78 is 11.5. The van der Waals surface area contributed by atoms with Gasteiger partial charge in [-0.3, -0.25) is 4.79 Å². The van der Waals surface area contributed by atoms with Crippen LogP contribution in [0.25, 0.3) is 0 Å². The molecule has 1 aliphatic rings. The molecule has 0 aliphatic heterocycles. The number of hydrogen-bond acceptors (Lipinski definition) is 3. The summed E-state index contributed by atoms with van der Waals surface area (Å²) in [4.78, 5) is 12.3. The molecular formula is C21H24O3. The predicted molar refractivity (Wildman–Crippen MR) is 94.1 cm³/mol. The normalized spacial score (nSPS) is 21.7. The van der Waals surface area contributed by atoms with Gasteiger partial charge in [0.1, 0.15) is 11.5 Å². The highest BCUT2D eigenvalue weighted by Gasteiger charge is 2.31. The average Bonchev–Trinajstić information content (AvgIpc) is 2.63. The maximum atomic E-state index is 12.3. The Hall–Kier alpha value is -2.29. The lowest BCUT2D eigenvalue weighted by Crippen LogP contribution is -2.31. The minimum atomic E-state index is -0.101. The van der Waals surface area contributed by atoms with Crippen molar-refractivity contribution in [2.24, 2.45) is 11.8 Å². The van der Waals surface area contributed by atoms with E-state index in [0.29, 0.717) is 11.7 Å². The molecule has 126 valence electrons. The Balaban J connectivity index is 1.47. The first-order valence-electron chi connectivity index (χ1n) is 8.71. The van der Waals surface area contributed by atoms with Crippen molar-refractivity contribution in [1.82, 2.24) is 0 Å². The summed E-state index contributed by atoms with van der Waals surface area (Å²) in [5.74, 6) is 1.94. The second-order valence-electron chi connectivity index (χ2n) is 6.48. The van der Waals surface area contributed by atoms with Gasteiger partial charge in [0.05, 0.1) is 12.0 Å². The van der Waals surface area contributed by atoms with E-state index in [4.69, 9.17) is 9.47 Å². The molecule has 1 aliphatic carbocycles. The summed E-state index contributed by atoms with van der Waals surface area (Å²) in [7, 11) is 0. The minimum absolute atomic E-state index is 0.00498. The van der Waals surface area contributed by atoms with Gasteiger partial charge in [-0.1, -0.05) is 36.4 Å². The van der Waals surface area contributed by atoms with Gasteiger partial charge in [0.25, 0.3) is 0 Å². The molecule has 3 rings (SSSR count). The van der Waals surface area contributed by atoms with Crippen LogP contribution in [0.3, 0.4) is 0 Å². The maximum Gasteiger partial charge on any atom is 0.314 e. The van der Waals surface area contributed by atoms with Gasteiger partial charge in [-0.15, -0.1) is 0 Å². The van der Waals surface area contributed by atoms with Crippen molar-refractivity contribution in [1.29, 1.82) is 0 Å². The Morgan fingerprint density at radius 1 is 0.875 bits per heavy atom. The van der Waals surface area contributed by atoms with E-state index in [2.05, 4.69) is 6.92 Å². The van der Waals surface area contributed by atoms with Crippen LogP contribution in [0, 0.1) is 11.8 Å². The van der Waals surface area contributed by atoms with Crippen molar-refractivity contribution < 1.29 is 14.3 Å². The molecule has 3 nitrogen and oxygen atoms in total. The predicted octanol–water partition coefficient (Wildman–Crippen LogP) is 4.87. The summed E-state index contributed by atoms with van der Waals surface area (Å²) >= 11 is 0. The van der Waals surface area contributed by atoms with Gasteiger partial charge in [0.15, 0.2) is 0 Å². The van der Waals surface area contributed by atoms with E-state index in [1.807, 2.05) is 60.7 Å². The van der Waals surface area contributed by atoms with Gasteiger partial charge in [-0.05, 0) is 62.8 Å². The van der Waals surface area contributed by atoms with Crippen LogP contribution in [0.1, 0.15) is 32.6 Å². The summed E-state index contributed by atoms with van der Waals surface area (Å²) in [5.41, 5.74) is 0. The van der Waals surface area contributed by atoms with E-state index >= 15 is 0 Å². The second-order valence-corrected chi connectivity index (χ2v) is 6.48. The molecule has 0 radical (unpaired) electrons. The van der Waals surface area contributed by atoms with Crippen molar-refractivity contribution in [3.05, 3.63) is 60.7 Å². The summed E-state index contributed by atoms with van der Waals surface area (Å²) in [6, 6.07) is 19.2. The topological polar surface area (TPSA) is 35.5 Å². The average molecular weight is 324 g/mol. The van der Waals surface area contributed by atoms with Crippen LogP contribution in [0.2, 0.25) is 0 Å². The molecule has 0 saturated heterocycles. The molecule has 0 unspecified atom stereocenters. The number of hydrogen-bond donors (Lipinski definition) is 0. The second kappa shape index (κ2) is 8.00. The zero-order valence-electron chi connectivity index (χ0n) is 14.1. The van der Waals surface area contributed by atoms with Gasteiger partial charge in [0.2, 0.25) is 0 Å². The molecule has 0 N–H and O–H groups in total. The highest BCUT2D eigenvalue weighted by Crippen LogP contribution is 2.33. The van der Waals surface area contributed by atoms with E-state index in [-0.39, 0.29) is 18.0 Å². The number of para-hydroxylation sites is 2. The van der Waals surface area contributed by atoms with Crippen LogP contribution in [0.15, 0.2) is 60.7 Å². The van der Waals surface area contributed by atoms with Crippen molar-refractivity contribution in [3.8, 4) is 11.5 Å². The molecule has 0 aromatic heterocycles. The maximum absolute atomic E-state index is 12.3. The van der Waals surface area contributed by atoms with Gasteiger partial charge < -0.3 is 9.47 Å². The van der Waals surface area contributed by atoms with E-state index in [0.717, 1.165) is 31.4 Å². The highest BCUT2D eigenvalue weighted by atomic mass is 16.5. The number of ether oxygens (including phenoxy) is 2. The first kappa shape index (κ1) is 16.6. The van der Waals surface area contributed by atoms with Crippen LogP contribution >= 0.6 is 0 Å². The summed E-state index contributed by atoms with van der Waals surface area (Å²) in [6.45, 7) is 2.13. The van der Waals surface area contributed by atoms with E-state index in [1.54, 1.807) is 0 Å². The smallest absolute Gasteiger partial charge is 0.314 e. The number of benzene rings is 2. The van der Waals surface area contributed by atoms with Gasteiger partial charge >= 0.3 is 5.97 Å². The number of carbonyl (C=O) groups is 1. The van der Waals surface area contributed by atoms with Crippen LogP contribution in [-0.4, -0.2) is 12.1 Å². The molecule has 1 saturated carbocycles. The molecule has 2 aromatic rings. The first-order chi connectivity index (χ1) is 11.7. The van der Waals surface area contributed by atoms with Gasteiger partial charge in [-0.25, -0.2) is 0 Å². The van der Waals surface area contributed by atoms with Crippen molar-refractivity contribution >= 4 is 5.97 Å². The molecular weight excluding hydrogens is 300 g/mol. The molecule has 0 spiro atoms. The number of rotatable bonds is 5. The highest BCUT2D eigenvalue weighted by molar-refractivity contribution is 5.75. The Kier molecular flexibility index (Phi) is 5.52. The van der Waals surface area contributed by atoms with Crippen LogP contribution in [0.5, 0.6) is 11.5 Å². The number of carbonyl (C=O) groups excluding carboxylic acids is 1. The fourth-order valence-electron chi connectivity index (χ4n) is 3.32. The van der Waals surface area contributed by atoms with Crippen LogP contribution in [0.4, 0.5) is 0 Å². The van der Waals surface area contributed by atoms with Crippen molar-refractivity contribution in [2.75, 3.05) is 0 Å². The zero-order chi connectivity index (χ0) is 16.8. The Bertz CT molecular complexity index is 631. The molecule has 0 bridgehead atoms. The molecule has 1 atom stereocenters. The SMILES string of the molecule is C[C@H](Oc1ccccc1)C1CCC(C(=O)Oc2ccccc2)CC1. The third-order valence-electron chi connectivity index (χ3n) is 4.80. The molecule has 3 heteroatoms. The fourth-order valence-corrected chi connectivity index (χ4v) is 3.32. The van der Waals surface area contributed by atoms with Crippen molar-refractivity contribution in [2.45, 2.75) is 38.7 Å². The zero-order valence-corrected chi connectivity index (χ0v) is 14.1. The van der Waals surface area contributed by atoms with Gasteiger partial charge in [-0.2, -0.15) is 0 Å². The Morgan fingerprint density at radius 3 is 2.00 bits per heavy atom. The van der Waals surface area contributed by atoms with Crippen molar-refractivity contribution in [3.63, 3.8) is 0 Å². The number of esters is 1. The molecule has 0 amide bonds. The Morgan fingerprint density at radius 2 is 1.42 bits per heavy atom. The molecule has 24 heavy (non-hydrogen) atoms. The first-order valence-corrected chi connectivity index (χ1v) is 8.71. The fraction of sp³-hybridized carbons (Fsp3) is 0.381. The lowest BCUT2D eigenvalue weighted by atomic mass is 9.79. The van der Waals surface area contributed by atoms with Crippen LogP contribution in [-0.2, 0) is 4.79 Å². The summed E-state index contributed by atoms with van der Waals surface area (Å²) in [6.07, 6.45) is 3.92. The third-order valence-corrected chi connectivity index (χ3v) is 4.80. The lowest BCUT2D eigenvalue weighted by molar-refractivity contribution is -0.140. The van der Waals surface area contributed by atoms with Gasteiger partial charge in [0, 0.05) is 0 Å². The Labute approximate surface area is 143 Å². The van der Waals surface area contributed by atoms with E-state index in [1.165, 1.54) is 0 Å². The molecule has 2 aromatic carbocycles. The third kappa shape index (κ3) is 4.38. The largest absolute Gasteiger partial charge is 0.490 e. The molecule has 0 heterocycles. The lowest BCUT2D eigenvalue weighted by Gasteiger charge is -2.31. The monoisotopic (exact) mass is 324 g/mol. The van der Waals surface area contributed by atoms with E-state index in [9.17, 15) is 4.79 Å². The quantitative estimate of drug-likeness (QED) is 0.581. The standard InChI is InChI=1S/C21H24O3/c1-16(23-19-8-4-2-5-9-19)17-12-14-18(15-13-17)21(22)24-20-10-6-3-7-11-20/h2-11,16-18H,12-15H2,1H3/t16-,17?,18?/m0/s1.